The highest BCUT2D eigenvalue weighted by molar-refractivity contribution is 5.83. The first kappa shape index (κ1) is 10.6. The van der Waals surface area contributed by atoms with E-state index >= 15 is 0 Å². The molecule has 80 valence electrons. The van der Waals surface area contributed by atoms with Gasteiger partial charge in [-0.1, -0.05) is 0 Å². The fraction of sp³-hybridized carbons (Fsp3) is 0. The number of aromatic hydroxyl groups is 2. The third-order valence-electron chi connectivity index (χ3n) is 1.54. The molecule has 0 aliphatic carbocycles. The topological polar surface area (TPSA) is 131 Å². The molecule has 0 fully saturated rings. The zero-order valence-corrected chi connectivity index (χ0v) is 7.66. The zero-order chi connectivity index (χ0) is 11.4. The van der Waals surface area contributed by atoms with Gasteiger partial charge in [0.05, 0.1) is 6.21 Å². The first-order valence-corrected chi connectivity index (χ1v) is 3.92. The van der Waals surface area contributed by atoms with Crippen molar-refractivity contribution in [2.45, 2.75) is 0 Å². The van der Waals surface area contributed by atoms with Crippen molar-refractivity contribution in [3.05, 3.63) is 29.0 Å². The number of rotatable bonds is 2. The van der Waals surface area contributed by atoms with Gasteiger partial charge in [-0.2, -0.15) is 0 Å². The minimum atomic E-state index is -0.510. The summed E-state index contributed by atoms with van der Waals surface area (Å²) in [7, 11) is 0. The number of phenolic OH excluding ortho intramolecular Hbond substituents is 2. The molecule has 0 saturated carbocycles. The van der Waals surface area contributed by atoms with Crippen LogP contribution in [0.25, 0.3) is 0 Å². The molecule has 0 spiro atoms. The van der Waals surface area contributed by atoms with Gasteiger partial charge in [0.15, 0.2) is 0 Å². The maximum atomic E-state index is 10.8. The molecule has 1 aromatic rings. The van der Waals surface area contributed by atoms with Gasteiger partial charge in [-0.05, 0) is 12.1 Å². The standard InChI is InChI=1S/C8H10N4O3/c9-8(10)12(15)11-4-5-1-2-6(13)3-7(5)14/h1-4,13-14H,9-10H2/b11-4+. The van der Waals surface area contributed by atoms with E-state index in [1.54, 1.807) is 0 Å². The summed E-state index contributed by atoms with van der Waals surface area (Å²) in [5.41, 5.74) is 10.2. The second-order valence-corrected chi connectivity index (χ2v) is 2.69. The molecular formula is C8H10N4O3. The van der Waals surface area contributed by atoms with Crippen LogP contribution in [0.4, 0.5) is 0 Å². The first-order chi connectivity index (χ1) is 7.00. The van der Waals surface area contributed by atoms with E-state index in [1.165, 1.54) is 12.1 Å². The molecule has 0 aliphatic heterocycles. The Kier molecular flexibility index (Phi) is 2.97. The van der Waals surface area contributed by atoms with Crippen LogP contribution in [0.5, 0.6) is 11.5 Å². The van der Waals surface area contributed by atoms with Gasteiger partial charge in [-0.15, -0.1) is 9.95 Å². The molecule has 7 nitrogen and oxygen atoms in total. The van der Waals surface area contributed by atoms with Gasteiger partial charge < -0.3 is 15.4 Å². The van der Waals surface area contributed by atoms with Gasteiger partial charge in [-0.25, -0.2) is 0 Å². The zero-order valence-electron chi connectivity index (χ0n) is 7.66. The summed E-state index contributed by atoms with van der Waals surface area (Å²) in [5.74, 6) is -0.805. The van der Waals surface area contributed by atoms with E-state index in [1.807, 2.05) is 0 Å². The van der Waals surface area contributed by atoms with Crippen molar-refractivity contribution in [1.29, 1.82) is 0 Å². The summed E-state index contributed by atoms with van der Waals surface area (Å²) in [4.78, 5) is 0.00625. The molecule has 0 amide bonds. The van der Waals surface area contributed by atoms with Crippen LogP contribution in [-0.4, -0.2) is 27.2 Å². The number of guanidine groups is 1. The Morgan fingerprint density at radius 1 is 1.40 bits per heavy atom. The highest BCUT2D eigenvalue weighted by Gasteiger charge is 1.99. The summed E-state index contributed by atoms with van der Waals surface area (Å²) in [6.45, 7) is 0. The van der Waals surface area contributed by atoms with E-state index < -0.39 is 5.96 Å². The molecule has 0 radical (unpaired) electrons. The van der Waals surface area contributed by atoms with Crippen molar-refractivity contribution < 1.29 is 15.1 Å². The molecule has 0 saturated heterocycles. The summed E-state index contributed by atoms with van der Waals surface area (Å²) in [6, 6.07) is 3.84. The summed E-state index contributed by atoms with van der Waals surface area (Å²) >= 11 is 0. The lowest BCUT2D eigenvalue weighted by Crippen LogP contribution is -2.30. The molecule has 0 aromatic heterocycles. The van der Waals surface area contributed by atoms with Crippen LogP contribution in [0.2, 0.25) is 0 Å². The Labute approximate surface area is 85.1 Å². The lowest BCUT2D eigenvalue weighted by Gasteiger charge is -2.03. The van der Waals surface area contributed by atoms with Gasteiger partial charge >= 0.3 is 5.96 Å². The Balaban J connectivity index is 2.95. The van der Waals surface area contributed by atoms with Crippen LogP contribution in [0.1, 0.15) is 5.56 Å². The normalized spacial score (nSPS) is 10.4. The third-order valence-corrected chi connectivity index (χ3v) is 1.54. The van der Waals surface area contributed by atoms with Crippen LogP contribution in [0.15, 0.2) is 23.3 Å². The first-order valence-electron chi connectivity index (χ1n) is 3.92. The van der Waals surface area contributed by atoms with Crippen molar-refractivity contribution in [3.63, 3.8) is 0 Å². The van der Waals surface area contributed by atoms with Gasteiger partial charge in [0, 0.05) is 11.6 Å². The molecule has 1 aromatic carbocycles. The summed E-state index contributed by atoms with van der Waals surface area (Å²) in [5, 5.41) is 32.4. The van der Waals surface area contributed by atoms with E-state index in [2.05, 4.69) is 5.10 Å². The van der Waals surface area contributed by atoms with Crippen LogP contribution in [-0.2, 0) is 0 Å². The minimum absolute atomic E-state index is 0.00625. The molecular weight excluding hydrogens is 200 g/mol. The van der Waals surface area contributed by atoms with Crippen LogP contribution >= 0.6 is 0 Å². The SMILES string of the molecule is NC(N)=[N+]([O-])/N=C/c1ccc(O)cc1O. The predicted octanol–water partition coefficient (Wildman–Crippen LogP) is -0.785. The minimum Gasteiger partial charge on any atom is -0.722 e. The van der Waals surface area contributed by atoms with Crippen molar-refractivity contribution in [2.75, 3.05) is 0 Å². The predicted molar refractivity (Wildman–Crippen MR) is 54.4 cm³/mol. The summed E-state index contributed by atoms with van der Waals surface area (Å²) < 4.78 is 0. The molecule has 7 heteroatoms. The molecule has 1 rings (SSSR count). The van der Waals surface area contributed by atoms with Crippen molar-refractivity contribution in [2.24, 2.45) is 16.6 Å². The van der Waals surface area contributed by atoms with Gasteiger partial charge in [-0.3, -0.25) is 11.5 Å². The molecule has 0 bridgehead atoms. The fourth-order valence-electron chi connectivity index (χ4n) is 0.823. The highest BCUT2D eigenvalue weighted by Crippen LogP contribution is 2.20. The Morgan fingerprint density at radius 2 is 2.07 bits per heavy atom. The third kappa shape index (κ3) is 2.76. The van der Waals surface area contributed by atoms with E-state index in [-0.39, 0.29) is 21.9 Å². The average Bonchev–Trinajstić information content (AvgIpc) is 2.15. The Morgan fingerprint density at radius 3 is 2.60 bits per heavy atom. The van der Waals surface area contributed by atoms with E-state index in [0.717, 1.165) is 12.3 Å². The Hall–Kier alpha value is -2.44. The number of nitrogens with zero attached hydrogens (tertiary/aromatic N) is 2. The van der Waals surface area contributed by atoms with Gasteiger partial charge in [0.1, 0.15) is 11.5 Å². The monoisotopic (exact) mass is 210 g/mol. The molecule has 0 aliphatic rings. The molecule has 15 heavy (non-hydrogen) atoms. The second kappa shape index (κ2) is 4.18. The van der Waals surface area contributed by atoms with E-state index in [9.17, 15) is 10.3 Å². The number of hydrogen-bond donors (Lipinski definition) is 4. The van der Waals surface area contributed by atoms with Crippen molar-refractivity contribution in [3.8, 4) is 11.5 Å². The van der Waals surface area contributed by atoms with Gasteiger partial charge in [0.25, 0.3) is 0 Å². The second-order valence-electron chi connectivity index (χ2n) is 2.69. The van der Waals surface area contributed by atoms with Crippen molar-refractivity contribution in [1.82, 2.24) is 0 Å². The molecule has 6 N–H and O–H groups in total. The average molecular weight is 210 g/mol. The number of phenols is 2. The molecule has 0 heterocycles. The highest BCUT2D eigenvalue weighted by atomic mass is 16.5. The number of hydrogen-bond acceptors (Lipinski definition) is 4. The smallest absolute Gasteiger partial charge is 0.366 e. The molecule has 0 unspecified atom stereocenters. The fourth-order valence-corrected chi connectivity index (χ4v) is 0.823. The number of nitrogens with two attached hydrogens (primary N) is 2. The van der Waals surface area contributed by atoms with E-state index in [0.29, 0.717) is 0 Å². The Bertz CT molecular complexity index is 424. The van der Waals surface area contributed by atoms with Crippen LogP contribution < -0.4 is 11.5 Å². The number of hydrazone groups is 1. The lowest BCUT2D eigenvalue weighted by atomic mass is 10.2. The quantitative estimate of drug-likeness (QED) is 0.167. The van der Waals surface area contributed by atoms with Gasteiger partial charge in [0.2, 0.25) is 0 Å². The van der Waals surface area contributed by atoms with Crippen LogP contribution in [0, 0.1) is 5.21 Å². The summed E-state index contributed by atoms with van der Waals surface area (Å²) in [6.07, 6.45) is 1.07. The maximum absolute atomic E-state index is 10.8. The van der Waals surface area contributed by atoms with Crippen molar-refractivity contribution >= 4 is 12.2 Å². The van der Waals surface area contributed by atoms with Crippen LogP contribution in [0.3, 0.4) is 0 Å². The maximum Gasteiger partial charge on any atom is 0.366 e. The molecule has 0 atom stereocenters. The largest absolute Gasteiger partial charge is 0.722 e. The van der Waals surface area contributed by atoms with E-state index in [4.69, 9.17) is 16.6 Å². The number of benzene rings is 1. The lowest BCUT2D eigenvalue weighted by molar-refractivity contribution is -0.463.